The minimum absolute atomic E-state index is 0.387. The van der Waals surface area contributed by atoms with Crippen molar-refractivity contribution in [2.24, 2.45) is 0 Å². The smallest absolute Gasteiger partial charge is 0.138 e. The van der Waals surface area contributed by atoms with Gasteiger partial charge in [-0.05, 0) is 62.9 Å². The van der Waals surface area contributed by atoms with Crippen LogP contribution in [-0.2, 0) is 13.0 Å². The Kier molecular flexibility index (Phi) is 4.32. The van der Waals surface area contributed by atoms with Crippen LogP contribution in [0.15, 0.2) is 42.7 Å². The summed E-state index contributed by atoms with van der Waals surface area (Å²) in [6, 6.07) is 11.1. The maximum absolute atomic E-state index is 4.91. The zero-order valence-electron chi connectivity index (χ0n) is 16.0. The number of rotatable bonds is 4. The van der Waals surface area contributed by atoms with Gasteiger partial charge in [0.25, 0.3) is 0 Å². The van der Waals surface area contributed by atoms with Crippen LogP contribution >= 0.6 is 0 Å². The standard InChI is InChI=1S/C22H27N5/c1-25(19-9-4-7-17-8-6-12-23-22(17)19)15-18-16-27-20(24-18)10-5-11-21(27)26-13-2-3-14-26/h5-6,8,10-12,16,19H,2-4,7,9,13-15H2,1H3/t19-/m0/s1. The number of aryl methyl sites for hydroxylation is 1. The molecule has 27 heavy (non-hydrogen) atoms. The lowest BCUT2D eigenvalue weighted by Crippen LogP contribution is -2.28. The number of hydrogen-bond acceptors (Lipinski definition) is 4. The van der Waals surface area contributed by atoms with Crippen molar-refractivity contribution in [3.8, 4) is 0 Å². The van der Waals surface area contributed by atoms with E-state index in [1.807, 2.05) is 6.20 Å². The summed E-state index contributed by atoms with van der Waals surface area (Å²) in [5, 5.41) is 0. The van der Waals surface area contributed by atoms with E-state index in [0.29, 0.717) is 6.04 Å². The van der Waals surface area contributed by atoms with Crippen LogP contribution in [0, 0.1) is 0 Å². The van der Waals surface area contributed by atoms with Crippen molar-refractivity contribution in [3.63, 3.8) is 0 Å². The van der Waals surface area contributed by atoms with Crippen LogP contribution in [0.25, 0.3) is 5.65 Å². The second kappa shape index (κ2) is 6.97. The van der Waals surface area contributed by atoms with Gasteiger partial charge in [-0.25, -0.2) is 4.98 Å². The minimum Gasteiger partial charge on any atom is -0.358 e. The molecule has 0 spiro atoms. The van der Waals surface area contributed by atoms with Crippen molar-refractivity contribution in [2.45, 2.75) is 44.7 Å². The molecule has 3 aromatic heterocycles. The molecule has 0 N–H and O–H groups in total. The second-order valence-corrected chi connectivity index (χ2v) is 7.91. The van der Waals surface area contributed by atoms with E-state index in [4.69, 9.17) is 9.97 Å². The molecule has 0 amide bonds. The van der Waals surface area contributed by atoms with E-state index in [0.717, 1.165) is 37.4 Å². The van der Waals surface area contributed by atoms with E-state index in [1.54, 1.807) is 0 Å². The van der Waals surface area contributed by atoms with Gasteiger partial charge in [-0.15, -0.1) is 0 Å². The molecule has 1 saturated heterocycles. The number of pyridine rings is 2. The lowest BCUT2D eigenvalue weighted by Gasteiger charge is -2.31. The number of imidazole rings is 1. The van der Waals surface area contributed by atoms with E-state index < -0.39 is 0 Å². The van der Waals surface area contributed by atoms with Crippen LogP contribution in [0.5, 0.6) is 0 Å². The Hall–Kier alpha value is -2.40. The number of fused-ring (bicyclic) bond motifs is 2. The molecular weight excluding hydrogens is 334 g/mol. The quantitative estimate of drug-likeness (QED) is 0.707. The highest BCUT2D eigenvalue weighted by molar-refractivity contribution is 5.53. The van der Waals surface area contributed by atoms with Gasteiger partial charge in [0.15, 0.2) is 0 Å². The largest absolute Gasteiger partial charge is 0.358 e. The van der Waals surface area contributed by atoms with E-state index in [9.17, 15) is 0 Å². The lowest BCUT2D eigenvalue weighted by atomic mass is 9.91. The molecule has 0 saturated carbocycles. The van der Waals surface area contributed by atoms with Gasteiger partial charge >= 0.3 is 0 Å². The van der Waals surface area contributed by atoms with E-state index >= 15 is 0 Å². The molecule has 3 aromatic rings. The van der Waals surface area contributed by atoms with Crippen molar-refractivity contribution in [3.05, 3.63) is 59.7 Å². The molecule has 0 unspecified atom stereocenters. The summed E-state index contributed by atoms with van der Waals surface area (Å²) < 4.78 is 2.27. The topological polar surface area (TPSA) is 36.7 Å². The Bertz CT molecular complexity index is 941. The van der Waals surface area contributed by atoms with Gasteiger partial charge in [0, 0.05) is 32.0 Å². The molecule has 5 rings (SSSR count). The van der Waals surface area contributed by atoms with Gasteiger partial charge in [0.1, 0.15) is 11.5 Å². The van der Waals surface area contributed by atoms with Crippen molar-refractivity contribution < 1.29 is 0 Å². The molecule has 5 nitrogen and oxygen atoms in total. The Morgan fingerprint density at radius 3 is 2.89 bits per heavy atom. The maximum Gasteiger partial charge on any atom is 0.138 e. The average Bonchev–Trinajstić information content (AvgIpc) is 3.36. The fourth-order valence-electron chi connectivity index (χ4n) is 4.71. The molecule has 1 atom stereocenters. The van der Waals surface area contributed by atoms with Gasteiger partial charge in [-0.1, -0.05) is 12.1 Å². The third-order valence-corrected chi connectivity index (χ3v) is 6.06. The Balaban J connectivity index is 1.41. The minimum atomic E-state index is 0.387. The molecule has 140 valence electrons. The molecule has 0 radical (unpaired) electrons. The van der Waals surface area contributed by atoms with Crippen LogP contribution < -0.4 is 4.90 Å². The van der Waals surface area contributed by atoms with Crippen LogP contribution in [0.3, 0.4) is 0 Å². The second-order valence-electron chi connectivity index (χ2n) is 7.91. The van der Waals surface area contributed by atoms with Crippen LogP contribution in [0.4, 0.5) is 5.82 Å². The summed E-state index contributed by atoms with van der Waals surface area (Å²) in [5.41, 5.74) is 4.84. The predicted octanol–water partition coefficient (Wildman–Crippen LogP) is 3.84. The SMILES string of the molecule is CN(Cc1cn2c(N3CCCC3)cccc2n1)[C@H]1CCCc2cccnc21. The van der Waals surface area contributed by atoms with Crippen molar-refractivity contribution in [1.29, 1.82) is 0 Å². The highest BCUT2D eigenvalue weighted by Gasteiger charge is 2.25. The zero-order chi connectivity index (χ0) is 18.2. The molecule has 1 aliphatic heterocycles. The molecule has 0 aromatic carbocycles. The lowest BCUT2D eigenvalue weighted by molar-refractivity contribution is 0.206. The summed E-state index contributed by atoms with van der Waals surface area (Å²) >= 11 is 0. The normalized spacial score (nSPS) is 19.8. The monoisotopic (exact) mass is 361 g/mol. The number of aromatic nitrogens is 3. The Morgan fingerprint density at radius 1 is 1.11 bits per heavy atom. The zero-order valence-corrected chi connectivity index (χ0v) is 16.0. The van der Waals surface area contributed by atoms with Crippen molar-refractivity contribution in [2.75, 3.05) is 25.0 Å². The molecule has 2 aliphatic rings. The van der Waals surface area contributed by atoms with Crippen molar-refractivity contribution >= 4 is 11.5 Å². The van der Waals surface area contributed by atoms with Crippen molar-refractivity contribution in [1.82, 2.24) is 19.3 Å². The molecular formula is C22H27N5. The molecule has 5 heteroatoms. The van der Waals surface area contributed by atoms with E-state index in [1.165, 1.54) is 42.8 Å². The molecule has 4 heterocycles. The average molecular weight is 361 g/mol. The number of anilines is 1. The van der Waals surface area contributed by atoms with Gasteiger partial charge in [0.2, 0.25) is 0 Å². The summed E-state index contributed by atoms with van der Waals surface area (Å²) in [7, 11) is 2.21. The maximum atomic E-state index is 4.91. The molecule has 0 bridgehead atoms. The first-order valence-corrected chi connectivity index (χ1v) is 10.2. The fraction of sp³-hybridized carbons (Fsp3) is 0.455. The fourth-order valence-corrected chi connectivity index (χ4v) is 4.71. The third-order valence-electron chi connectivity index (χ3n) is 6.06. The van der Waals surface area contributed by atoms with E-state index in [2.05, 4.69) is 57.8 Å². The first-order valence-electron chi connectivity index (χ1n) is 10.2. The first kappa shape index (κ1) is 16.8. The van der Waals surface area contributed by atoms with Crippen LogP contribution in [0.2, 0.25) is 0 Å². The molecule has 1 aliphatic carbocycles. The molecule has 1 fully saturated rings. The van der Waals surface area contributed by atoms with Gasteiger partial charge in [-0.3, -0.25) is 14.3 Å². The Morgan fingerprint density at radius 2 is 2.00 bits per heavy atom. The summed E-state index contributed by atoms with van der Waals surface area (Å²) in [5.74, 6) is 1.27. The first-order chi connectivity index (χ1) is 13.3. The predicted molar refractivity (Wildman–Crippen MR) is 108 cm³/mol. The summed E-state index contributed by atoms with van der Waals surface area (Å²) in [6.45, 7) is 3.15. The summed E-state index contributed by atoms with van der Waals surface area (Å²) in [6.07, 6.45) is 10.3. The summed E-state index contributed by atoms with van der Waals surface area (Å²) in [4.78, 5) is 14.5. The number of nitrogens with zero attached hydrogens (tertiary/aromatic N) is 5. The van der Waals surface area contributed by atoms with Gasteiger partial charge in [-0.2, -0.15) is 0 Å². The third kappa shape index (κ3) is 3.10. The Labute approximate surface area is 160 Å². The number of hydrogen-bond donors (Lipinski definition) is 0. The van der Waals surface area contributed by atoms with Gasteiger partial charge in [0.05, 0.1) is 17.4 Å². The highest BCUT2D eigenvalue weighted by Crippen LogP contribution is 2.32. The highest BCUT2D eigenvalue weighted by atomic mass is 15.2. The van der Waals surface area contributed by atoms with Crippen LogP contribution in [-0.4, -0.2) is 39.4 Å². The van der Waals surface area contributed by atoms with E-state index in [-0.39, 0.29) is 0 Å². The van der Waals surface area contributed by atoms with Gasteiger partial charge < -0.3 is 4.90 Å². The van der Waals surface area contributed by atoms with Crippen LogP contribution in [0.1, 0.15) is 48.7 Å².